The average molecular weight is 1010 g/mol. The van der Waals surface area contributed by atoms with Gasteiger partial charge in [-0.2, -0.15) is 0 Å². The van der Waals surface area contributed by atoms with Gasteiger partial charge in [-0.15, -0.1) is 0 Å². The Morgan fingerprint density at radius 3 is 0.836 bits per heavy atom. The summed E-state index contributed by atoms with van der Waals surface area (Å²) in [5.41, 5.74) is 0. The number of esters is 3. The summed E-state index contributed by atoms with van der Waals surface area (Å²) in [6.45, 7) is 6.31. The first kappa shape index (κ1) is 68.8. The molecule has 73 heavy (non-hydrogen) atoms. The van der Waals surface area contributed by atoms with Crippen LogP contribution in [-0.4, -0.2) is 37.2 Å². The summed E-state index contributed by atoms with van der Waals surface area (Å²) in [6, 6.07) is 0. The van der Waals surface area contributed by atoms with Crippen LogP contribution in [0.15, 0.2) is 122 Å². The Morgan fingerprint density at radius 1 is 0.288 bits per heavy atom. The van der Waals surface area contributed by atoms with Crippen LogP contribution >= 0.6 is 0 Å². The van der Waals surface area contributed by atoms with E-state index in [2.05, 4.69) is 142 Å². The molecule has 0 aromatic heterocycles. The van der Waals surface area contributed by atoms with Crippen molar-refractivity contribution < 1.29 is 28.6 Å². The molecule has 0 aromatic rings. The molecule has 0 heterocycles. The van der Waals surface area contributed by atoms with Gasteiger partial charge in [-0.1, -0.05) is 258 Å². The highest BCUT2D eigenvalue weighted by molar-refractivity contribution is 5.71. The zero-order valence-corrected chi connectivity index (χ0v) is 47.4. The smallest absolute Gasteiger partial charge is 0.306 e. The molecule has 0 fully saturated rings. The summed E-state index contributed by atoms with van der Waals surface area (Å²) >= 11 is 0. The van der Waals surface area contributed by atoms with Crippen LogP contribution in [0.4, 0.5) is 0 Å². The number of ether oxygens (including phenoxy) is 3. The second-order valence-electron chi connectivity index (χ2n) is 19.5. The third kappa shape index (κ3) is 58.6. The van der Waals surface area contributed by atoms with Gasteiger partial charge < -0.3 is 14.2 Å². The first-order chi connectivity index (χ1) is 36.0. The van der Waals surface area contributed by atoms with E-state index in [4.69, 9.17) is 14.2 Å². The van der Waals surface area contributed by atoms with Gasteiger partial charge in [-0.05, 0) is 109 Å². The quantitative estimate of drug-likeness (QED) is 0.0261. The van der Waals surface area contributed by atoms with Gasteiger partial charge in [0.1, 0.15) is 13.2 Å². The fourth-order valence-electron chi connectivity index (χ4n) is 8.03. The van der Waals surface area contributed by atoms with Crippen molar-refractivity contribution in [2.75, 3.05) is 13.2 Å². The molecule has 0 saturated heterocycles. The van der Waals surface area contributed by atoms with Crippen LogP contribution in [0.5, 0.6) is 0 Å². The second kappa shape index (κ2) is 60.4. The SMILES string of the molecule is CC/C=C\C/C=C\C/C=C\C/C=C\C/C=C\C/C=C\C/C=C\CCCCCCCCCCCCCCCC(=O)OCC(COC(=O)CCCCCCC)OC(=O)CCCCCCC/C=C\C/C=C\C/C=C\CC. The third-order valence-corrected chi connectivity index (χ3v) is 12.5. The van der Waals surface area contributed by atoms with Crippen LogP contribution in [0.1, 0.15) is 265 Å². The summed E-state index contributed by atoms with van der Waals surface area (Å²) in [4.78, 5) is 37.8. The predicted molar refractivity (Wildman–Crippen MR) is 316 cm³/mol. The Labute approximate surface area is 450 Å². The van der Waals surface area contributed by atoms with Crippen molar-refractivity contribution in [3.63, 3.8) is 0 Å². The highest BCUT2D eigenvalue weighted by Gasteiger charge is 2.19. The van der Waals surface area contributed by atoms with Gasteiger partial charge in [0.15, 0.2) is 6.10 Å². The molecule has 0 aliphatic carbocycles. The number of carbonyl (C=O) groups excluding carboxylic acids is 3. The lowest BCUT2D eigenvalue weighted by Gasteiger charge is -2.18. The van der Waals surface area contributed by atoms with Gasteiger partial charge in [0, 0.05) is 19.3 Å². The average Bonchev–Trinajstić information content (AvgIpc) is 3.39. The van der Waals surface area contributed by atoms with E-state index < -0.39 is 6.10 Å². The monoisotopic (exact) mass is 1010 g/mol. The molecule has 1 unspecified atom stereocenters. The van der Waals surface area contributed by atoms with Crippen molar-refractivity contribution in [1.82, 2.24) is 0 Å². The molecule has 0 radical (unpaired) electrons. The maximum absolute atomic E-state index is 12.8. The fraction of sp³-hybridized carbons (Fsp3) is 0.657. The fourth-order valence-corrected chi connectivity index (χ4v) is 8.03. The Balaban J connectivity index is 4.00. The molecule has 6 nitrogen and oxygen atoms in total. The van der Waals surface area contributed by atoms with E-state index in [1.807, 2.05) is 0 Å². The number of hydrogen-bond donors (Lipinski definition) is 0. The van der Waals surface area contributed by atoms with E-state index in [1.165, 1.54) is 77.0 Å². The highest BCUT2D eigenvalue weighted by atomic mass is 16.6. The van der Waals surface area contributed by atoms with Crippen molar-refractivity contribution in [3.8, 4) is 0 Å². The summed E-state index contributed by atoms with van der Waals surface area (Å²) in [5, 5.41) is 0. The lowest BCUT2D eigenvalue weighted by atomic mass is 10.0. The summed E-state index contributed by atoms with van der Waals surface area (Å²) in [5.74, 6) is -0.919. The zero-order valence-electron chi connectivity index (χ0n) is 47.4. The molecule has 0 bridgehead atoms. The summed E-state index contributed by atoms with van der Waals surface area (Å²) in [7, 11) is 0. The topological polar surface area (TPSA) is 78.9 Å². The van der Waals surface area contributed by atoms with E-state index in [0.29, 0.717) is 19.3 Å². The lowest BCUT2D eigenvalue weighted by molar-refractivity contribution is -0.167. The number of carbonyl (C=O) groups is 3. The van der Waals surface area contributed by atoms with Gasteiger partial charge in [0.2, 0.25) is 0 Å². The minimum absolute atomic E-state index is 0.0861. The summed E-state index contributed by atoms with van der Waals surface area (Å²) in [6.07, 6.45) is 84.0. The zero-order chi connectivity index (χ0) is 52.9. The first-order valence-corrected chi connectivity index (χ1v) is 30.0. The van der Waals surface area contributed by atoms with Crippen molar-refractivity contribution in [2.24, 2.45) is 0 Å². The minimum Gasteiger partial charge on any atom is -0.462 e. The van der Waals surface area contributed by atoms with Gasteiger partial charge in [0.05, 0.1) is 0 Å². The predicted octanol–water partition coefficient (Wildman–Crippen LogP) is 20.4. The molecule has 0 aliphatic rings. The van der Waals surface area contributed by atoms with E-state index in [9.17, 15) is 14.4 Å². The molecule has 0 amide bonds. The lowest BCUT2D eigenvalue weighted by Crippen LogP contribution is -2.30. The maximum Gasteiger partial charge on any atom is 0.306 e. The minimum atomic E-state index is -0.784. The number of allylic oxidation sites excluding steroid dienone is 20. The molecule has 0 N–H and O–H groups in total. The molecule has 0 aliphatic heterocycles. The van der Waals surface area contributed by atoms with Crippen LogP contribution in [-0.2, 0) is 28.6 Å². The molecule has 1 atom stereocenters. The van der Waals surface area contributed by atoms with Gasteiger partial charge in [-0.25, -0.2) is 0 Å². The Kier molecular flexibility index (Phi) is 56.9. The Hall–Kier alpha value is -4.19. The van der Waals surface area contributed by atoms with Crippen LogP contribution < -0.4 is 0 Å². The van der Waals surface area contributed by atoms with Crippen LogP contribution in [0, 0.1) is 0 Å². The van der Waals surface area contributed by atoms with E-state index >= 15 is 0 Å². The molecule has 0 rings (SSSR count). The normalized spacial score (nSPS) is 13.0. The third-order valence-electron chi connectivity index (χ3n) is 12.5. The number of unbranched alkanes of at least 4 members (excludes halogenated alkanes) is 22. The van der Waals surface area contributed by atoms with Gasteiger partial charge in [-0.3, -0.25) is 14.4 Å². The number of hydrogen-bond acceptors (Lipinski definition) is 6. The van der Waals surface area contributed by atoms with Crippen LogP contribution in [0.25, 0.3) is 0 Å². The van der Waals surface area contributed by atoms with Crippen molar-refractivity contribution in [3.05, 3.63) is 122 Å². The first-order valence-electron chi connectivity index (χ1n) is 30.0. The van der Waals surface area contributed by atoms with Crippen LogP contribution in [0.2, 0.25) is 0 Å². The maximum atomic E-state index is 12.8. The van der Waals surface area contributed by atoms with Crippen LogP contribution in [0.3, 0.4) is 0 Å². The van der Waals surface area contributed by atoms with Gasteiger partial charge >= 0.3 is 17.9 Å². The van der Waals surface area contributed by atoms with E-state index in [0.717, 1.165) is 148 Å². The molecule has 0 spiro atoms. The van der Waals surface area contributed by atoms with Crippen molar-refractivity contribution >= 4 is 17.9 Å². The second-order valence-corrected chi connectivity index (χ2v) is 19.5. The largest absolute Gasteiger partial charge is 0.462 e. The summed E-state index contributed by atoms with van der Waals surface area (Å²) < 4.78 is 16.7. The Bertz CT molecular complexity index is 1540. The highest BCUT2D eigenvalue weighted by Crippen LogP contribution is 2.15. The number of rotatable bonds is 53. The molecule has 414 valence electrons. The van der Waals surface area contributed by atoms with Crippen molar-refractivity contribution in [1.29, 1.82) is 0 Å². The molecule has 0 aromatic carbocycles. The van der Waals surface area contributed by atoms with E-state index in [1.54, 1.807) is 0 Å². The van der Waals surface area contributed by atoms with Gasteiger partial charge in [0.25, 0.3) is 0 Å². The Morgan fingerprint density at radius 2 is 0.534 bits per heavy atom. The van der Waals surface area contributed by atoms with Crippen molar-refractivity contribution in [2.45, 2.75) is 271 Å². The molecule has 0 saturated carbocycles. The molecular formula is C67H110O6. The molecular weight excluding hydrogens is 901 g/mol. The molecule has 6 heteroatoms. The standard InChI is InChI=1S/C67H110O6/c1-4-7-10-13-15-17-19-21-23-24-25-26-27-28-29-30-31-32-33-34-35-36-37-38-39-40-41-42-44-45-47-49-51-54-57-60-66(69)72-63-64(62-71-65(68)59-56-53-12-9-6-3)73-67(70)61-58-55-52-50-48-46-43-22-20-18-16-14-11-8-5-2/h7-8,10-11,15-18,21-23,25-26,28-29,31-32,34-35,43,64H,4-6,9,12-14,19-20,24,27,30,33,36-42,44-63H2,1-3H3/b10-7-,11-8-,17-15-,18-16-,23-21-,26-25-,29-28-,32-31-,35-34-,43-22-. The van der Waals surface area contributed by atoms with E-state index in [-0.39, 0.29) is 31.1 Å².